The van der Waals surface area contributed by atoms with Crippen molar-refractivity contribution in [1.82, 2.24) is 4.72 Å². The third-order valence-electron chi connectivity index (χ3n) is 6.75. The fourth-order valence-corrected chi connectivity index (χ4v) is 6.08. The minimum absolute atomic E-state index is 0.364. The lowest BCUT2D eigenvalue weighted by Gasteiger charge is -2.19. The molecule has 30 heavy (non-hydrogen) atoms. The topological polar surface area (TPSA) is 109 Å². The Bertz CT molecular complexity index is 1080. The van der Waals surface area contributed by atoms with Crippen molar-refractivity contribution in [2.45, 2.75) is 74.9 Å². The van der Waals surface area contributed by atoms with Crippen molar-refractivity contribution in [2.75, 3.05) is 5.32 Å². The SMILES string of the molecule is O=C(Nc1c2c(cc3c1CCC3)CCC2)NS(=O)(=O)c1cc(C2(O)CCCC2)co1. The molecule has 0 aliphatic heterocycles. The molecule has 1 aromatic carbocycles. The number of furan rings is 1. The number of benzene rings is 1. The zero-order chi connectivity index (χ0) is 20.9. The van der Waals surface area contributed by atoms with E-state index in [1.54, 1.807) is 0 Å². The van der Waals surface area contributed by atoms with Gasteiger partial charge in [0.05, 0.1) is 11.9 Å². The summed E-state index contributed by atoms with van der Waals surface area (Å²) < 4.78 is 32.7. The van der Waals surface area contributed by atoms with Gasteiger partial charge >= 0.3 is 6.03 Å². The summed E-state index contributed by atoms with van der Waals surface area (Å²) in [6, 6.07) is 2.78. The van der Waals surface area contributed by atoms with Crippen molar-refractivity contribution in [1.29, 1.82) is 0 Å². The number of hydrogen-bond acceptors (Lipinski definition) is 5. The first-order chi connectivity index (χ1) is 14.4. The first-order valence-corrected chi connectivity index (χ1v) is 12.2. The molecule has 160 valence electrons. The van der Waals surface area contributed by atoms with Crippen LogP contribution in [-0.4, -0.2) is 19.6 Å². The first kappa shape index (κ1) is 19.6. The highest BCUT2D eigenvalue weighted by atomic mass is 32.2. The van der Waals surface area contributed by atoms with Crippen molar-refractivity contribution < 1.29 is 22.7 Å². The summed E-state index contributed by atoms with van der Waals surface area (Å²) in [4.78, 5) is 12.6. The summed E-state index contributed by atoms with van der Waals surface area (Å²) in [6.45, 7) is 0. The average molecular weight is 431 g/mol. The lowest BCUT2D eigenvalue weighted by molar-refractivity contribution is 0.0439. The van der Waals surface area contributed by atoms with E-state index in [4.69, 9.17) is 4.42 Å². The predicted molar refractivity (Wildman–Crippen MR) is 111 cm³/mol. The van der Waals surface area contributed by atoms with Crippen LogP contribution in [0, 0.1) is 0 Å². The molecule has 0 bridgehead atoms. The lowest BCUT2D eigenvalue weighted by Crippen LogP contribution is -2.34. The average Bonchev–Trinajstić information content (AvgIpc) is 3.47. The number of anilines is 1. The molecule has 3 aliphatic rings. The minimum atomic E-state index is -4.18. The predicted octanol–water partition coefficient (Wildman–Crippen LogP) is 3.53. The van der Waals surface area contributed by atoms with Crippen LogP contribution in [0.4, 0.5) is 10.5 Å². The fraction of sp³-hybridized carbons (Fsp3) is 0.500. The zero-order valence-electron chi connectivity index (χ0n) is 16.8. The highest BCUT2D eigenvalue weighted by Crippen LogP contribution is 2.40. The maximum Gasteiger partial charge on any atom is 0.333 e. The number of aryl methyl sites for hydroxylation is 2. The summed E-state index contributed by atoms with van der Waals surface area (Å²) in [5, 5.41) is 13.1. The Morgan fingerprint density at radius 2 is 1.60 bits per heavy atom. The molecule has 1 fully saturated rings. The Balaban J connectivity index is 1.36. The fourth-order valence-electron chi connectivity index (χ4n) is 5.23. The quantitative estimate of drug-likeness (QED) is 0.688. The van der Waals surface area contributed by atoms with Crippen molar-refractivity contribution in [3.8, 4) is 0 Å². The smallest absolute Gasteiger partial charge is 0.333 e. The number of aliphatic hydroxyl groups is 1. The van der Waals surface area contributed by atoms with Gasteiger partial charge in [0.15, 0.2) is 0 Å². The van der Waals surface area contributed by atoms with E-state index >= 15 is 0 Å². The Hall–Kier alpha value is -2.32. The highest BCUT2D eigenvalue weighted by Gasteiger charge is 2.36. The number of sulfonamides is 1. The van der Waals surface area contributed by atoms with E-state index in [2.05, 4.69) is 16.1 Å². The van der Waals surface area contributed by atoms with Gasteiger partial charge in [0.1, 0.15) is 0 Å². The number of nitrogens with one attached hydrogen (secondary N) is 2. The van der Waals surface area contributed by atoms with Crippen LogP contribution in [0.1, 0.15) is 66.3 Å². The molecule has 3 aliphatic carbocycles. The lowest BCUT2D eigenvalue weighted by atomic mass is 9.95. The van der Waals surface area contributed by atoms with Crippen molar-refractivity contribution in [3.05, 3.63) is 46.2 Å². The molecule has 8 heteroatoms. The van der Waals surface area contributed by atoms with E-state index in [0.717, 1.165) is 68.2 Å². The van der Waals surface area contributed by atoms with Gasteiger partial charge in [0.25, 0.3) is 10.0 Å². The molecule has 2 amide bonds. The molecule has 0 spiro atoms. The van der Waals surface area contributed by atoms with Crippen LogP contribution in [0.2, 0.25) is 0 Å². The molecule has 3 N–H and O–H groups in total. The molecule has 0 atom stereocenters. The number of rotatable bonds is 4. The van der Waals surface area contributed by atoms with Gasteiger partial charge in [-0.2, -0.15) is 8.42 Å². The molecular formula is C22H26N2O5S. The normalized spacial score (nSPS) is 19.5. The Morgan fingerprint density at radius 1 is 0.967 bits per heavy atom. The van der Waals surface area contributed by atoms with Crippen molar-refractivity contribution in [2.24, 2.45) is 0 Å². The number of amides is 2. The van der Waals surface area contributed by atoms with E-state index < -0.39 is 21.7 Å². The van der Waals surface area contributed by atoms with E-state index in [9.17, 15) is 18.3 Å². The second-order valence-corrected chi connectivity index (χ2v) is 10.3. The van der Waals surface area contributed by atoms with Gasteiger partial charge in [0, 0.05) is 17.3 Å². The Morgan fingerprint density at radius 3 is 2.23 bits per heavy atom. The third kappa shape index (κ3) is 3.32. The first-order valence-electron chi connectivity index (χ1n) is 10.7. The van der Waals surface area contributed by atoms with E-state index in [1.165, 1.54) is 23.5 Å². The molecule has 5 rings (SSSR count). The van der Waals surface area contributed by atoms with Crippen molar-refractivity contribution in [3.63, 3.8) is 0 Å². The molecule has 7 nitrogen and oxygen atoms in total. The van der Waals surface area contributed by atoms with Gasteiger partial charge in [-0.1, -0.05) is 18.9 Å². The van der Waals surface area contributed by atoms with Crippen LogP contribution in [0.5, 0.6) is 0 Å². The van der Waals surface area contributed by atoms with Crippen LogP contribution in [-0.2, 0) is 41.3 Å². The maximum atomic E-state index is 12.7. The summed E-state index contributed by atoms with van der Waals surface area (Å²) in [6.07, 6.45) is 10.1. The zero-order valence-corrected chi connectivity index (χ0v) is 17.6. The molecule has 1 aromatic heterocycles. The van der Waals surface area contributed by atoms with Gasteiger partial charge in [0.2, 0.25) is 5.09 Å². The van der Waals surface area contributed by atoms with Crippen LogP contribution < -0.4 is 10.0 Å². The molecule has 0 saturated heterocycles. The summed E-state index contributed by atoms with van der Waals surface area (Å²) in [5.74, 6) is 0. The van der Waals surface area contributed by atoms with Gasteiger partial charge in [-0.25, -0.2) is 9.52 Å². The Kier molecular flexibility index (Phi) is 4.67. The van der Waals surface area contributed by atoms with Crippen molar-refractivity contribution >= 4 is 21.7 Å². The van der Waals surface area contributed by atoms with Crippen LogP contribution in [0.25, 0.3) is 0 Å². The molecule has 0 radical (unpaired) electrons. The molecule has 1 saturated carbocycles. The number of carbonyl (C=O) groups is 1. The van der Waals surface area contributed by atoms with Crippen LogP contribution in [0.15, 0.2) is 27.9 Å². The van der Waals surface area contributed by atoms with Gasteiger partial charge in [-0.15, -0.1) is 0 Å². The van der Waals surface area contributed by atoms with E-state index in [0.29, 0.717) is 18.4 Å². The minimum Gasteiger partial charge on any atom is -0.451 e. The summed E-state index contributed by atoms with van der Waals surface area (Å²) >= 11 is 0. The number of fused-ring (bicyclic) bond motifs is 2. The monoisotopic (exact) mass is 430 g/mol. The second-order valence-electron chi connectivity index (χ2n) is 8.69. The van der Waals surface area contributed by atoms with Gasteiger partial charge in [-0.3, -0.25) is 0 Å². The summed E-state index contributed by atoms with van der Waals surface area (Å²) in [7, 11) is -4.18. The molecule has 2 aromatic rings. The largest absolute Gasteiger partial charge is 0.451 e. The number of urea groups is 1. The molecular weight excluding hydrogens is 404 g/mol. The van der Waals surface area contributed by atoms with Crippen LogP contribution >= 0.6 is 0 Å². The second kappa shape index (κ2) is 7.13. The standard InChI is InChI=1S/C22H26N2O5S/c25-21(23-20-17-7-3-5-14(17)11-15-6-4-8-18(15)20)24-30(27,28)19-12-16(13-29-19)22(26)9-1-2-10-22/h11-13,26H,1-10H2,(H2,23,24,25). The Labute approximate surface area is 175 Å². The van der Waals surface area contributed by atoms with Gasteiger partial charge in [-0.05, 0) is 73.6 Å². The molecule has 1 heterocycles. The van der Waals surface area contributed by atoms with E-state index in [1.807, 2.05) is 0 Å². The highest BCUT2D eigenvalue weighted by molar-refractivity contribution is 7.89. The van der Waals surface area contributed by atoms with Crippen LogP contribution in [0.3, 0.4) is 0 Å². The number of carbonyl (C=O) groups excluding carboxylic acids is 1. The third-order valence-corrected chi connectivity index (χ3v) is 7.94. The molecule has 0 unspecified atom stereocenters. The maximum absolute atomic E-state index is 12.7. The summed E-state index contributed by atoms with van der Waals surface area (Å²) in [5.41, 5.74) is 4.96. The van der Waals surface area contributed by atoms with Gasteiger partial charge < -0.3 is 14.8 Å². The van der Waals surface area contributed by atoms with E-state index in [-0.39, 0.29) is 5.09 Å². The number of hydrogen-bond donors (Lipinski definition) is 3.